The van der Waals surface area contributed by atoms with Crippen LogP contribution in [0.5, 0.6) is 5.75 Å². The van der Waals surface area contributed by atoms with E-state index in [4.69, 9.17) is 0 Å². The first-order valence-corrected chi connectivity index (χ1v) is 13.8. The minimum atomic E-state index is -0.464. The summed E-state index contributed by atoms with van der Waals surface area (Å²) in [6.45, 7) is 8.59. The van der Waals surface area contributed by atoms with Crippen LogP contribution in [0.4, 0.5) is 5.69 Å². The highest BCUT2D eigenvalue weighted by molar-refractivity contribution is 6.08. The smallest absolute Gasteiger partial charge is 0.162 e. The number of carbonyl (C=O) groups is 2. The highest BCUT2D eigenvalue weighted by Crippen LogP contribution is 2.55. The van der Waals surface area contributed by atoms with E-state index in [1.807, 2.05) is 24.3 Å². The Balaban J connectivity index is 1.59. The van der Waals surface area contributed by atoms with Crippen LogP contribution in [0.2, 0.25) is 0 Å². The molecule has 0 fully saturated rings. The van der Waals surface area contributed by atoms with E-state index in [1.165, 1.54) is 0 Å². The number of benzene rings is 3. The number of ketones is 2. The van der Waals surface area contributed by atoms with Crippen molar-refractivity contribution in [2.24, 2.45) is 10.8 Å². The highest BCUT2D eigenvalue weighted by atomic mass is 16.3. The Morgan fingerprint density at radius 1 is 0.667 bits per heavy atom. The predicted octanol–water partition coefficient (Wildman–Crippen LogP) is 7.95. The fraction of sp³-hybridized carbons (Fsp3) is 0.314. The van der Waals surface area contributed by atoms with Crippen LogP contribution in [0.3, 0.4) is 0 Å². The van der Waals surface area contributed by atoms with Crippen molar-refractivity contribution >= 4 is 17.3 Å². The van der Waals surface area contributed by atoms with E-state index in [2.05, 4.69) is 69.0 Å². The number of phenols is 1. The molecule has 0 aromatic heterocycles. The molecule has 3 aliphatic rings. The maximum absolute atomic E-state index is 14.0. The molecule has 0 unspecified atom stereocenters. The number of allylic oxidation sites excluding steroid dienone is 4. The van der Waals surface area contributed by atoms with Crippen LogP contribution in [-0.2, 0) is 9.59 Å². The highest BCUT2D eigenvalue weighted by Gasteiger charge is 2.49. The van der Waals surface area contributed by atoms with Gasteiger partial charge in [0.1, 0.15) is 5.75 Å². The summed E-state index contributed by atoms with van der Waals surface area (Å²) in [5.41, 5.74) is 7.03. The minimum absolute atomic E-state index is 0.0877. The Morgan fingerprint density at radius 2 is 1.21 bits per heavy atom. The van der Waals surface area contributed by atoms with Gasteiger partial charge in [-0.15, -0.1) is 0 Å². The van der Waals surface area contributed by atoms with Crippen LogP contribution in [-0.4, -0.2) is 16.7 Å². The molecule has 1 aliphatic heterocycles. The molecule has 3 aromatic rings. The summed E-state index contributed by atoms with van der Waals surface area (Å²) in [5, 5.41) is 10.4. The predicted molar refractivity (Wildman–Crippen MR) is 155 cm³/mol. The molecular formula is C35H35NO3. The zero-order valence-corrected chi connectivity index (χ0v) is 23.1. The summed E-state index contributed by atoms with van der Waals surface area (Å²) in [4.78, 5) is 30.1. The van der Waals surface area contributed by atoms with E-state index in [-0.39, 0.29) is 28.1 Å². The second kappa shape index (κ2) is 9.08. The van der Waals surface area contributed by atoms with Gasteiger partial charge in [-0.2, -0.15) is 0 Å². The molecule has 0 saturated heterocycles. The Morgan fingerprint density at radius 3 is 1.74 bits per heavy atom. The van der Waals surface area contributed by atoms with Crippen LogP contribution < -0.4 is 4.90 Å². The van der Waals surface area contributed by atoms with Crippen LogP contribution in [0.25, 0.3) is 11.1 Å². The van der Waals surface area contributed by atoms with Gasteiger partial charge in [-0.25, -0.2) is 0 Å². The van der Waals surface area contributed by atoms with Gasteiger partial charge in [0.25, 0.3) is 0 Å². The van der Waals surface area contributed by atoms with Crippen LogP contribution in [0.1, 0.15) is 64.9 Å². The molecule has 0 radical (unpaired) electrons. The number of rotatable bonds is 3. The quantitative estimate of drug-likeness (QED) is 0.383. The van der Waals surface area contributed by atoms with Gasteiger partial charge in [0.15, 0.2) is 11.6 Å². The van der Waals surface area contributed by atoms with Gasteiger partial charge in [-0.05, 0) is 64.6 Å². The molecular weight excluding hydrogens is 482 g/mol. The Labute approximate surface area is 230 Å². The van der Waals surface area contributed by atoms with E-state index in [0.29, 0.717) is 24.0 Å². The third-order valence-electron chi connectivity index (χ3n) is 8.35. The first kappa shape index (κ1) is 25.4. The number of Topliss-reactive ketones (excluding diaryl/α,β-unsaturated/α-hetero) is 2. The summed E-state index contributed by atoms with van der Waals surface area (Å²) in [7, 11) is 0. The molecule has 4 nitrogen and oxygen atoms in total. The van der Waals surface area contributed by atoms with Gasteiger partial charge in [-0.3, -0.25) is 9.59 Å². The first-order valence-electron chi connectivity index (χ1n) is 13.8. The topological polar surface area (TPSA) is 57.6 Å². The standard InChI is InChI=1S/C35H35NO3/c1-34(2)18-27-32(29(38)20-34)31(24-11-8-12-26(37)17-24)33-28(19-35(3,4)21-30(33)39)36(27)25-15-13-23(14-16-25)22-9-6-5-7-10-22/h5-17,31,37H,18-21H2,1-4H3. The Kier molecular flexibility index (Phi) is 5.91. The molecule has 0 saturated carbocycles. The lowest BCUT2D eigenvalue weighted by Gasteiger charge is -2.49. The van der Waals surface area contributed by atoms with Gasteiger partial charge in [0.2, 0.25) is 0 Å². The van der Waals surface area contributed by atoms with E-state index in [9.17, 15) is 14.7 Å². The zero-order chi connectivity index (χ0) is 27.5. The molecule has 0 bridgehead atoms. The van der Waals surface area contributed by atoms with E-state index in [0.717, 1.165) is 46.6 Å². The Bertz CT molecular complexity index is 1490. The third kappa shape index (κ3) is 4.52. The average Bonchev–Trinajstić information content (AvgIpc) is 2.87. The number of phenolic OH excluding ortho intramolecular Hbond substituents is 1. The third-order valence-corrected chi connectivity index (χ3v) is 8.35. The van der Waals surface area contributed by atoms with Crippen LogP contribution >= 0.6 is 0 Å². The van der Waals surface area contributed by atoms with Crippen molar-refractivity contribution in [2.75, 3.05) is 4.90 Å². The van der Waals surface area contributed by atoms with Gasteiger partial charge in [0.05, 0.1) is 0 Å². The van der Waals surface area contributed by atoms with Crippen molar-refractivity contribution < 1.29 is 14.7 Å². The zero-order valence-electron chi connectivity index (χ0n) is 23.1. The van der Waals surface area contributed by atoms with Crippen LogP contribution in [0, 0.1) is 10.8 Å². The van der Waals surface area contributed by atoms with Gasteiger partial charge >= 0.3 is 0 Å². The SMILES string of the molecule is CC1(C)CC(=O)C2=C(C1)N(c1ccc(-c3ccccc3)cc1)C1=C(C(=O)CC(C)(C)C1)C2c1cccc(O)c1. The van der Waals surface area contributed by atoms with Crippen molar-refractivity contribution in [2.45, 2.75) is 59.3 Å². The molecule has 0 amide bonds. The molecule has 6 rings (SSSR count). The summed E-state index contributed by atoms with van der Waals surface area (Å²) >= 11 is 0. The summed E-state index contributed by atoms with van der Waals surface area (Å²) in [6, 6.07) is 25.8. The molecule has 0 atom stereocenters. The van der Waals surface area contributed by atoms with Crippen molar-refractivity contribution in [1.82, 2.24) is 0 Å². The van der Waals surface area contributed by atoms with E-state index in [1.54, 1.807) is 18.2 Å². The number of anilines is 1. The molecule has 4 heteroatoms. The molecule has 39 heavy (non-hydrogen) atoms. The number of hydrogen-bond donors (Lipinski definition) is 1. The van der Waals surface area contributed by atoms with Gasteiger partial charge in [0, 0.05) is 47.0 Å². The van der Waals surface area contributed by atoms with E-state index >= 15 is 0 Å². The fourth-order valence-corrected chi connectivity index (χ4v) is 6.75. The molecule has 198 valence electrons. The average molecular weight is 518 g/mol. The Hall–Kier alpha value is -3.92. The number of aromatic hydroxyl groups is 1. The van der Waals surface area contributed by atoms with Crippen molar-refractivity contribution in [3.05, 3.63) is 107 Å². The monoisotopic (exact) mass is 517 g/mol. The minimum Gasteiger partial charge on any atom is -0.508 e. The maximum Gasteiger partial charge on any atom is 0.162 e. The van der Waals surface area contributed by atoms with Crippen LogP contribution in [0.15, 0.2) is 101 Å². The summed E-state index contributed by atoms with van der Waals surface area (Å²) in [6.07, 6.45) is 2.33. The molecule has 1 heterocycles. The molecule has 3 aromatic carbocycles. The number of nitrogens with zero attached hydrogens (tertiary/aromatic N) is 1. The number of carbonyl (C=O) groups excluding carboxylic acids is 2. The lowest BCUT2D eigenvalue weighted by molar-refractivity contribution is -0.119. The van der Waals surface area contributed by atoms with Crippen molar-refractivity contribution in [3.8, 4) is 16.9 Å². The van der Waals surface area contributed by atoms with E-state index < -0.39 is 5.92 Å². The fourth-order valence-electron chi connectivity index (χ4n) is 6.75. The molecule has 2 aliphatic carbocycles. The first-order chi connectivity index (χ1) is 18.5. The summed E-state index contributed by atoms with van der Waals surface area (Å²) < 4.78 is 0. The van der Waals surface area contributed by atoms with Gasteiger partial charge in [-0.1, -0.05) is 82.3 Å². The lowest BCUT2D eigenvalue weighted by atomic mass is 9.63. The maximum atomic E-state index is 14.0. The molecule has 1 N–H and O–H groups in total. The largest absolute Gasteiger partial charge is 0.508 e. The second-order valence-corrected chi connectivity index (χ2v) is 12.9. The lowest BCUT2D eigenvalue weighted by Crippen LogP contribution is -2.44. The van der Waals surface area contributed by atoms with Crippen molar-refractivity contribution in [3.63, 3.8) is 0 Å². The van der Waals surface area contributed by atoms with Gasteiger partial charge < -0.3 is 10.0 Å². The molecule has 0 spiro atoms. The second-order valence-electron chi connectivity index (χ2n) is 12.9. The van der Waals surface area contributed by atoms with Crippen molar-refractivity contribution in [1.29, 1.82) is 0 Å². The summed E-state index contributed by atoms with van der Waals surface area (Å²) in [5.74, 6) is -0.147. The number of hydrogen-bond acceptors (Lipinski definition) is 4. The normalized spacial score (nSPS) is 20.7.